The minimum absolute atomic E-state index is 0.139. The fourth-order valence-electron chi connectivity index (χ4n) is 2.14. The summed E-state index contributed by atoms with van der Waals surface area (Å²) in [5, 5.41) is 14.7. The number of rotatable bonds is 0. The van der Waals surface area contributed by atoms with Crippen molar-refractivity contribution in [3.63, 3.8) is 0 Å². The van der Waals surface area contributed by atoms with E-state index in [1.54, 1.807) is 13.0 Å². The van der Waals surface area contributed by atoms with Gasteiger partial charge in [-0.3, -0.25) is 4.79 Å². The predicted octanol–water partition coefficient (Wildman–Crippen LogP) is 0.573. The molecule has 0 fully saturated rings. The third-order valence-electron chi connectivity index (χ3n) is 3.08. The lowest BCUT2D eigenvalue weighted by molar-refractivity contribution is 0.103. The van der Waals surface area contributed by atoms with Gasteiger partial charge >= 0.3 is 0 Å². The van der Waals surface area contributed by atoms with E-state index < -0.39 is 5.82 Å². The highest BCUT2D eigenvalue weighted by molar-refractivity contribution is 6.19. The van der Waals surface area contributed by atoms with Crippen molar-refractivity contribution in [1.82, 2.24) is 30.2 Å². The zero-order chi connectivity index (χ0) is 13.1. The van der Waals surface area contributed by atoms with Crippen molar-refractivity contribution in [3.05, 3.63) is 34.8 Å². The van der Waals surface area contributed by atoms with Gasteiger partial charge in [0.05, 0.1) is 0 Å². The number of ketones is 1. The summed E-state index contributed by atoms with van der Waals surface area (Å²) in [6.45, 7) is 1.63. The lowest BCUT2D eigenvalue weighted by Gasteiger charge is -2.01. The summed E-state index contributed by atoms with van der Waals surface area (Å²) in [5.41, 5.74) is 1.81. The Hall–Kier alpha value is -2.77. The molecular weight excluding hydrogens is 251 g/mol. The van der Waals surface area contributed by atoms with Crippen LogP contribution >= 0.6 is 0 Å². The van der Waals surface area contributed by atoms with Gasteiger partial charge in [-0.05, 0) is 35.0 Å². The molecule has 92 valence electrons. The smallest absolute Gasteiger partial charge is 0.287 e. The molecule has 1 aliphatic carbocycles. The predicted molar refractivity (Wildman–Crippen MR) is 59.9 cm³/mol. The van der Waals surface area contributed by atoms with Crippen LogP contribution < -0.4 is 0 Å². The molecule has 1 aromatic carbocycles. The maximum Gasteiger partial charge on any atom is 0.291 e. The monoisotopic (exact) mass is 256 g/mol. The fourth-order valence-corrected chi connectivity index (χ4v) is 2.14. The van der Waals surface area contributed by atoms with Crippen LogP contribution in [-0.4, -0.2) is 36.0 Å². The van der Waals surface area contributed by atoms with E-state index in [4.69, 9.17) is 0 Å². The van der Waals surface area contributed by atoms with Crippen LogP contribution in [0, 0.1) is 12.7 Å². The van der Waals surface area contributed by atoms with Gasteiger partial charge in [-0.2, -0.15) is 0 Å². The van der Waals surface area contributed by atoms with Gasteiger partial charge < -0.3 is 0 Å². The van der Waals surface area contributed by atoms with E-state index in [-0.39, 0.29) is 22.8 Å². The highest BCUT2D eigenvalue weighted by Gasteiger charge is 2.32. The molecule has 1 aliphatic rings. The number of nitrogens with zero attached hydrogens (tertiary/aromatic N) is 6. The van der Waals surface area contributed by atoms with E-state index in [0.717, 1.165) is 4.63 Å². The van der Waals surface area contributed by atoms with Crippen LogP contribution in [0.25, 0.3) is 17.0 Å². The Morgan fingerprint density at radius 2 is 2.05 bits per heavy atom. The van der Waals surface area contributed by atoms with Crippen LogP contribution in [0.4, 0.5) is 4.39 Å². The first-order valence-corrected chi connectivity index (χ1v) is 5.47. The number of hydrogen-bond acceptors (Lipinski definition) is 6. The van der Waals surface area contributed by atoms with Gasteiger partial charge in [0.1, 0.15) is 11.5 Å². The molecule has 19 heavy (non-hydrogen) atoms. The maximum atomic E-state index is 13.6. The number of carbonyl (C=O) groups excluding carboxylic acids is 1. The van der Waals surface area contributed by atoms with E-state index in [2.05, 4.69) is 25.6 Å². The molecule has 0 atom stereocenters. The van der Waals surface area contributed by atoms with Crippen molar-refractivity contribution < 1.29 is 9.18 Å². The second kappa shape index (κ2) is 3.16. The summed E-state index contributed by atoms with van der Waals surface area (Å²) < 4.78 is 14.6. The standard InChI is InChI=1S/C11H5FN6O/c1-4-2-5-6(3-7(4)12)10(19)9-8(5)13-11-14-16-17-18(11)15-9/h2-3H,1H3. The average molecular weight is 256 g/mol. The number of aromatic nitrogens is 6. The van der Waals surface area contributed by atoms with Gasteiger partial charge in [-0.1, -0.05) is 9.73 Å². The van der Waals surface area contributed by atoms with Crippen molar-refractivity contribution in [1.29, 1.82) is 0 Å². The van der Waals surface area contributed by atoms with Crippen LogP contribution in [0.15, 0.2) is 12.1 Å². The van der Waals surface area contributed by atoms with Crippen LogP contribution in [-0.2, 0) is 0 Å². The normalized spacial score (nSPS) is 12.8. The number of halogens is 1. The SMILES string of the molecule is Cc1cc2c(cc1F)C(=O)c1nn3nnnc3nc1-2. The van der Waals surface area contributed by atoms with Crippen molar-refractivity contribution in [2.24, 2.45) is 0 Å². The third-order valence-corrected chi connectivity index (χ3v) is 3.08. The number of fused-ring (bicyclic) bond motifs is 4. The zero-order valence-electron chi connectivity index (χ0n) is 9.62. The molecule has 0 spiro atoms. The summed E-state index contributed by atoms with van der Waals surface area (Å²) in [4.78, 5) is 16.4. The van der Waals surface area contributed by atoms with Crippen molar-refractivity contribution in [2.75, 3.05) is 0 Å². The molecule has 0 bridgehead atoms. The summed E-state index contributed by atoms with van der Waals surface area (Å²) in [5.74, 6) is -0.598. The quantitative estimate of drug-likeness (QED) is 0.457. The first-order valence-electron chi connectivity index (χ1n) is 5.47. The second-order valence-electron chi connectivity index (χ2n) is 4.25. The van der Waals surface area contributed by atoms with Gasteiger partial charge in [-0.25, -0.2) is 9.37 Å². The molecular formula is C11H5FN6O. The number of carbonyl (C=O) groups is 1. The Balaban J connectivity index is 2.11. The van der Waals surface area contributed by atoms with Gasteiger partial charge in [0.2, 0.25) is 5.78 Å². The number of benzene rings is 1. The van der Waals surface area contributed by atoms with Gasteiger partial charge in [0.15, 0.2) is 5.69 Å². The van der Waals surface area contributed by atoms with E-state index >= 15 is 0 Å². The van der Waals surface area contributed by atoms with Crippen LogP contribution in [0.2, 0.25) is 0 Å². The molecule has 0 aliphatic heterocycles. The van der Waals surface area contributed by atoms with Crippen LogP contribution in [0.3, 0.4) is 0 Å². The molecule has 0 N–H and O–H groups in total. The maximum absolute atomic E-state index is 13.6. The van der Waals surface area contributed by atoms with Crippen LogP contribution in [0.5, 0.6) is 0 Å². The third kappa shape index (κ3) is 1.20. The Bertz CT molecular complexity index is 871. The molecule has 0 saturated heterocycles. The number of aryl methyl sites for hydroxylation is 1. The molecule has 3 aromatic rings. The molecule has 0 radical (unpaired) electrons. The molecule has 0 saturated carbocycles. The topological polar surface area (TPSA) is 85.9 Å². The van der Waals surface area contributed by atoms with Crippen molar-refractivity contribution in [2.45, 2.75) is 6.92 Å². The van der Waals surface area contributed by atoms with Crippen molar-refractivity contribution >= 4 is 11.6 Å². The Labute approximate surface area is 105 Å². The first-order chi connectivity index (χ1) is 9.15. The van der Waals surface area contributed by atoms with Gasteiger partial charge in [-0.15, -0.1) is 5.10 Å². The van der Waals surface area contributed by atoms with E-state index in [0.29, 0.717) is 16.8 Å². The molecule has 8 heteroatoms. The average Bonchev–Trinajstić information content (AvgIpc) is 2.94. The number of tetrazole rings is 1. The Kier molecular flexibility index (Phi) is 1.69. The van der Waals surface area contributed by atoms with E-state index in [9.17, 15) is 9.18 Å². The summed E-state index contributed by atoms with van der Waals surface area (Å²) in [6.07, 6.45) is 0. The molecule has 2 heterocycles. The minimum atomic E-state index is -0.426. The molecule has 2 aromatic heterocycles. The van der Waals surface area contributed by atoms with Crippen molar-refractivity contribution in [3.8, 4) is 11.3 Å². The summed E-state index contributed by atoms with van der Waals surface area (Å²) >= 11 is 0. The number of hydrogen-bond donors (Lipinski definition) is 0. The molecule has 0 amide bonds. The molecule has 7 nitrogen and oxygen atoms in total. The first kappa shape index (κ1) is 10.2. The van der Waals surface area contributed by atoms with Crippen LogP contribution in [0.1, 0.15) is 21.6 Å². The largest absolute Gasteiger partial charge is 0.291 e. The minimum Gasteiger partial charge on any atom is -0.287 e. The highest BCUT2D eigenvalue weighted by Crippen LogP contribution is 2.35. The lowest BCUT2D eigenvalue weighted by atomic mass is 10.1. The second-order valence-corrected chi connectivity index (χ2v) is 4.25. The van der Waals surface area contributed by atoms with E-state index in [1.807, 2.05) is 0 Å². The fraction of sp³-hybridized carbons (Fsp3) is 0.0909. The zero-order valence-corrected chi connectivity index (χ0v) is 9.62. The Morgan fingerprint density at radius 3 is 2.89 bits per heavy atom. The van der Waals surface area contributed by atoms with Gasteiger partial charge in [0, 0.05) is 11.1 Å². The van der Waals surface area contributed by atoms with Gasteiger partial charge in [0.25, 0.3) is 5.78 Å². The highest BCUT2D eigenvalue weighted by atomic mass is 19.1. The Morgan fingerprint density at radius 1 is 1.21 bits per heavy atom. The van der Waals surface area contributed by atoms with E-state index in [1.165, 1.54) is 6.07 Å². The molecule has 4 rings (SSSR count). The summed E-state index contributed by atoms with van der Waals surface area (Å²) in [6, 6.07) is 2.80. The molecule has 0 unspecified atom stereocenters. The summed E-state index contributed by atoms with van der Waals surface area (Å²) in [7, 11) is 0. The lowest BCUT2D eigenvalue weighted by Crippen LogP contribution is -2.06.